The Hall–Kier alpha value is -3.37. The minimum absolute atomic E-state index is 0.0510. The van der Waals surface area contributed by atoms with Crippen LogP contribution in [0.15, 0.2) is 42.9 Å². The standard InChI is InChI=1S/C23H22F5N5O/c1-14-3-2-12-32(19(14)9-6-16-5-4-15(13-29-16)23(26,27)28)22(34)20-17(24)7-8-18(25)21(20)33-30-10-11-31-33/h4-5,7-8,10-11,13-14,19H,2-3,6,9,12H2,1H3/t14-,19-/m1/s1. The van der Waals surface area contributed by atoms with Gasteiger partial charge in [-0.3, -0.25) is 9.78 Å². The number of likely N-dealkylation sites (tertiary alicyclic amines) is 1. The summed E-state index contributed by atoms with van der Waals surface area (Å²) in [5, 5.41) is 7.70. The molecule has 1 amide bonds. The predicted molar refractivity (Wildman–Crippen MR) is 112 cm³/mol. The van der Waals surface area contributed by atoms with Gasteiger partial charge in [-0.15, -0.1) is 4.80 Å². The molecule has 1 aliphatic rings. The van der Waals surface area contributed by atoms with E-state index >= 15 is 0 Å². The zero-order valence-electron chi connectivity index (χ0n) is 18.3. The Morgan fingerprint density at radius 1 is 1.09 bits per heavy atom. The summed E-state index contributed by atoms with van der Waals surface area (Å²) in [4.78, 5) is 19.8. The summed E-state index contributed by atoms with van der Waals surface area (Å²) in [6.07, 6.45) is 1.16. The lowest BCUT2D eigenvalue weighted by Crippen LogP contribution is -2.48. The van der Waals surface area contributed by atoms with E-state index < -0.39 is 34.8 Å². The highest BCUT2D eigenvalue weighted by atomic mass is 19.4. The number of carbonyl (C=O) groups excluding carboxylic acids is 1. The van der Waals surface area contributed by atoms with Crippen molar-refractivity contribution in [1.29, 1.82) is 0 Å². The molecule has 0 spiro atoms. The molecular formula is C23H22F5N5O. The molecule has 0 bridgehead atoms. The number of benzene rings is 1. The number of alkyl halides is 3. The van der Waals surface area contributed by atoms with Crippen molar-refractivity contribution >= 4 is 5.91 Å². The van der Waals surface area contributed by atoms with Gasteiger partial charge in [-0.25, -0.2) is 8.78 Å². The molecule has 0 saturated carbocycles. The summed E-state index contributed by atoms with van der Waals surface area (Å²) in [5.41, 5.74) is -1.20. The molecule has 3 heterocycles. The van der Waals surface area contributed by atoms with E-state index in [9.17, 15) is 26.7 Å². The fourth-order valence-corrected chi connectivity index (χ4v) is 4.39. The summed E-state index contributed by atoms with van der Waals surface area (Å²) in [5.74, 6) is -2.35. The molecule has 34 heavy (non-hydrogen) atoms. The molecule has 0 unspecified atom stereocenters. The molecule has 3 aromatic rings. The van der Waals surface area contributed by atoms with E-state index in [1.807, 2.05) is 6.92 Å². The van der Waals surface area contributed by atoms with Crippen molar-refractivity contribution in [1.82, 2.24) is 24.9 Å². The number of rotatable bonds is 5. The molecule has 0 radical (unpaired) electrons. The van der Waals surface area contributed by atoms with Crippen LogP contribution in [0.4, 0.5) is 22.0 Å². The molecule has 1 fully saturated rings. The number of pyridine rings is 1. The average molecular weight is 479 g/mol. The first kappa shape index (κ1) is 23.8. The maximum Gasteiger partial charge on any atom is 0.417 e. The number of hydrogen-bond acceptors (Lipinski definition) is 4. The lowest BCUT2D eigenvalue weighted by atomic mass is 9.86. The van der Waals surface area contributed by atoms with Crippen molar-refractivity contribution in [3.8, 4) is 5.69 Å². The Labute approximate surface area is 192 Å². The van der Waals surface area contributed by atoms with E-state index in [-0.39, 0.29) is 17.6 Å². The number of aryl methyl sites for hydroxylation is 1. The van der Waals surface area contributed by atoms with E-state index in [2.05, 4.69) is 15.2 Å². The number of halogens is 5. The lowest BCUT2D eigenvalue weighted by molar-refractivity contribution is -0.137. The van der Waals surface area contributed by atoms with Gasteiger partial charge in [0.2, 0.25) is 0 Å². The van der Waals surface area contributed by atoms with Crippen LogP contribution < -0.4 is 0 Å². The maximum atomic E-state index is 14.9. The van der Waals surface area contributed by atoms with Crippen LogP contribution in [0.1, 0.15) is 47.8 Å². The van der Waals surface area contributed by atoms with Crippen molar-refractivity contribution in [2.24, 2.45) is 5.92 Å². The largest absolute Gasteiger partial charge is 0.417 e. The Bertz CT molecular complexity index is 1150. The van der Waals surface area contributed by atoms with Crippen molar-refractivity contribution in [3.63, 3.8) is 0 Å². The first-order valence-corrected chi connectivity index (χ1v) is 10.8. The quantitative estimate of drug-likeness (QED) is 0.492. The zero-order valence-corrected chi connectivity index (χ0v) is 18.3. The fraction of sp³-hybridized carbons (Fsp3) is 0.391. The third-order valence-electron chi connectivity index (χ3n) is 6.14. The Morgan fingerprint density at radius 2 is 1.79 bits per heavy atom. The van der Waals surface area contributed by atoms with Gasteiger partial charge in [0.15, 0.2) is 5.82 Å². The van der Waals surface area contributed by atoms with Crippen LogP contribution in [0.5, 0.6) is 0 Å². The number of nitrogens with zero attached hydrogens (tertiary/aromatic N) is 5. The van der Waals surface area contributed by atoms with Crippen LogP contribution in [-0.4, -0.2) is 43.4 Å². The third-order valence-corrected chi connectivity index (χ3v) is 6.14. The van der Waals surface area contributed by atoms with Gasteiger partial charge in [-0.05, 0) is 55.9 Å². The smallest absolute Gasteiger partial charge is 0.335 e. The van der Waals surface area contributed by atoms with E-state index in [4.69, 9.17) is 0 Å². The zero-order chi connectivity index (χ0) is 24.5. The van der Waals surface area contributed by atoms with Crippen LogP contribution in [0, 0.1) is 17.6 Å². The van der Waals surface area contributed by atoms with Crippen LogP contribution in [0.3, 0.4) is 0 Å². The van der Waals surface area contributed by atoms with Gasteiger partial charge in [0.1, 0.15) is 17.1 Å². The monoisotopic (exact) mass is 479 g/mol. The topological polar surface area (TPSA) is 63.9 Å². The van der Waals surface area contributed by atoms with Crippen molar-refractivity contribution in [3.05, 3.63) is 71.3 Å². The first-order valence-electron chi connectivity index (χ1n) is 10.8. The van der Waals surface area contributed by atoms with Crippen LogP contribution in [-0.2, 0) is 12.6 Å². The summed E-state index contributed by atoms with van der Waals surface area (Å²) < 4.78 is 67.9. The lowest BCUT2D eigenvalue weighted by Gasteiger charge is -2.40. The molecule has 1 aromatic carbocycles. The van der Waals surface area contributed by atoms with Gasteiger partial charge in [-0.2, -0.15) is 23.4 Å². The second kappa shape index (κ2) is 9.47. The van der Waals surface area contributed by atoms with Crippen molar-refractivity contribution in [2.75, 3.05) is 6.54 Å². The Kier molecular flexibility index (Phi) is 6.63. The molecule has 11 heteroatoms. The van der Waals surface area contributed by atoms with Crippen molar-refractivity contribution < 1.29 is 26.7 Å². The van der Waals surface area contributed by atoms with Gasteiger partial charge in [0.25, 0.3) is 5.91 Å². The number of carbonyl (C=O) groups is 1. The number of piperidine rings is 1. The number of aromatic nitrogens is 4. The molecule has 4 rings (SSSR count). The van der Waals surface area contributed by atoms with Gasteiger partial charge in [0.05, 0.1) is 18.0 Å². The van der Waals surface area contributed by atoms with Gasteiger partial charge >= 0.3 is 6.18 Å². The first-order chi connectivity index (χ1) is 16.2. The van der Waals surface area contributed by atoms with Crippen LogP contribution >= 0.6 is 0 Å². The maximum absolute atomic E-state index is 14.9. The molecule has 6 nitrogen and oxygen atoms in total. The molecule has 2 aromatic heterocycles. The Balaban J connectivity index is 1.60. The normalized spacial score (nSPS) is 18.8. The van der Waals surface area contributed by atoms with E-state index in [0.29, 0.717) is 31.5 Å². The number of amides is 1. The molecule has 1 saturated heterocycles. The fourth-order valence-electron chi connectivity index (χ4n) is 4.39. The van der Waals surface area contributed by atoms with Crippen molar-refractivity contribution in [2.45, 2.75) is 44.8 Å². The van der Waals surface area contributed by atoms with E-state index in [1.54, 1.807) is 0 Å². The second-order valence-corrected chi connectivity index (χ2v) is 8.33. The molecule has 2 atom stereocenters. The van der Waals surface area contributed by atoms with E-state index in [1.165, 1.54) is 23.4 Å². The average Bonchev–Trinajstić information content (AvgIpc) is 3.33. The highest BCUT2D eigenvalue weighted by molar-refractivity contribution is 5.98. The molecule has 180 valence electrons. The SMILES string of the molecule is C[C@@H]1CCCN(C(=O)c2c(F)ccc(F)c2-n2nccn2)[C@@H]1CCc1ccc(C(F)(F)F)cn1. The van der Waals surface area contributed by atoms with Gasteiger partial charge in [-0.1, -0.05) is 6.92 Å². The Morgan fingerprint density at radius 3 is 2.44 bits per heavy atom. The molecule has 0 aliphatic carbocycles. The van der Waals surface area contributed by atoms with Gasteiger partial charge in [0, 0.05) is 24.5 Å². The summed E-state index contributed by atoms with van der Waals surface area (Å²) in [7, 11) is 0. The predicted octanol–water partition coefficient (Wildman–Crippen LogP) is 4.83. The summed E-state index contributed by atoms with van der Waals surface area (Å²) >= 11 is 0. The highest BCUT2D eigenvalue weighted by Gasteiger charge is 2.36. The molecule has 1 aliphatic heterocycles. The van der Waals surface area contributed by atoms with Gasteiger partial charge < -0.3 is 4.90 Å². The number of hydrogen-bond donors (Lipinski definition) is 0. The van der Waals surface area contributed by atoms with E-state index in [0.717, 1.165) is 35.6 Å². The van der Waals surface area contributed by atoms with Crippen LogP contribution in [0.25, 0.3) is 5.69 Å². The summed E-state index contributed by atoms with van der Waals surface area (Å²) in [6, 6.07) is 3.77. The summed E-state index contributed by atoms with van der Waals surface area (Å²) in [6.45, 7) is 2.30. The van der Waals surface area contributed by atoms with Crippen LogP contribution in [0.2, 0.25) is 0 Å². The second-order valence-electron chi connectivity index (χ2n) is 8.33. The molecular weight excluding hydrogens is 457 g/mol. The molecule has 0 N–H and O–H groups in total. The minimum Gasteiger partial charge on any atom is -0.335 e. The highest BCUT2D eigenvalue weighted by Crippen LogP contribution is 2.32. The minimum atomic E-state index is -4.47. The third kappa shape index (κ3) is 4.78.